The minimum absolute atomic E-state index is 0.0306. The number of halogens is 1. The van der Waals surface area contributed by atoms with Crippen molar-refractivity contribution in [3.05, 3.63) is 77.2 Å². The number of nitrogens with two attached hydrogens (primary N) is 1. The summed E-state index contributed by atoms with van der Waals surface area (Å²) in [6.07, 6.45) is 3.38. The molecule has 0 amide bonds. The van der Waals surface area contributed by atoms with Crippen LogP contribution in [0.2, 0.25) is 0 Å². The zero-order valence-electron chi connectivity index (χ0n) is 24.0. The maximum absolute atomic E-state index is 15.0. The summed E-state index contributed by atoms with van der Waals surface area (Å²) in [5.41, 5.74) is 9.65. The van der Waals surface area contributed by atoms with E-state index in [2.05, 4.69) is 37.6 Å². The summed E-state index contributed by atoms with van der Waals surface area (Å²) in [6, 6.07) is 15.9. The van der Waals surface area contributed by atoms with E-state index in [0.717, 1.165) is 35.1 Å². The molecular formula is C31H41FN3O4P. The number of ether oxygens (including phenoxy) is 2. The summed E-state index contributed by atoms with van der Waals surface area (Å²) in [6.45, 7) is 9.55. The number of pyridine rings is 1. The van der Waals surface area contributed by atoms with Gasteiger partial charge in [0.15, 0.2) is 0 Å². The number of hydrogen-bond donors (Lipinski definition) is 2. The minimum Gasteiger partial charge on any atom is -0.489 e. The van der Waals surface area contributed by atoms with E-state index >= 15 is 0 Å². The van der Waals surface area contributed by atoms with E-state index in [9.17, 15) is 13.8 Å². The van der Waals surface area contributed by atoms with Gasteiger partial charge in [-0.25, -0.2) is 9.37 Å². The van der Waals surface area contributed by atoms with Crippen molar-refractivity contribution in [3.63, 3.8) is 0 Å². The molecule has 2 unspecified atom stereocenters. The molecule has 216 valence electrons. The lowest BCUT2D eigenvalue weighted by molar-refractivity contribution is 0.166. The largest absolute Gasteiger partial charge is 0.489 e. The van der Waals surface area contributed by atoms with Crippen molar-refractivity contribution in [2.75, 3.05) is 13.3 Å². The monoisotopic (exact) mass is 569 g/mol. The van der Waals surface area contributed by atoms with Gasteiger partial charge in [0.25, 0.3) is 7.52 Å². The van der Waals surface area contributed by atoms with Gasteiger partial charge in [-0.15, -0.1) is 0 Å². The third kappa shape index (κ3) is 7.91. The van der Waals surface area contributed by atoms with Gasteiger partial charge in [0, 0.05) is 36.4 Å². The molecule has 0 aliphatic heterocycles. The van der Waals surface area contributed by atoms with E-state index in [1.54, 1.807) is 6.07 Å². The van der Waals surface area contributed by atoms with E-state index in [1.165, 1.54) is 13.3 Å². The molecule has 0 spiro atoms. The maximum Gasteiger partial charge on any atom is 0.265 e. The zero-order valence-corrected chi connectivity index (χ0v) is 24.9. The Labute approximate surface area is 237 Å². The second kappa shape index (κ2) is 12.8. The Hall–Kier alpha value is -2.77. The first kappa shape index (κ1) is 30.2. The summed E-state index contributed by atoms with van der Waals surface area (Å²) in [4.78, 5) is 16.2. The van der Waals surface area contributed by atoms with Crippen LogP contribution in [0.25, 0.3) is 11.1 Å². The van der Waals surface area contributed by atoms with Crippen molar-refractivity contribution >= 4 is 7.52 Å². The average molecular weight is 570 g/mol. The van der Waals surface area contributed by atoms with E-state index < -0.39 is 13.3 Å². The van der Waals surface area contributed by atoms with Crippen molar-refractivity contribution in [2.45, 2.75) is 71.7 Å². The third-order valence-electron chi connectivity index (χ3n) is 7.52. The van der Waals surface area contributed by atoms with Crippen LogP contribution in [0.5, 0.6) is 11.6 Å². The van der Waals surface area contributed by atoms with Crippen LogP contribution in [0.1, 0.15) is 63.1 Å². The third-order valence-corrected chi connectivity index (χ3v) is 8.44. The molecule has 4 rings (SSSR count). The quantitative estimate of drug-likeness (QED) is 0.220. The van der Waals surface area contributed by atoms with Crippen molar-refractivity contribution in [2.24, 2.45) is 11.4 Å². The summed E-state index contributed by atoms with van der Waals surface area (Å²) < 4.78 is 38.4. The first-order chi connectivity index (χ1) is 18.9. The van der Waals surface area contributed by atoms with Crippen LogP contribution in [0.3, 0.4) is 0 Å². The fourth-order valence-electron chi connectivity index (χ4n) is 5.34. The van der Waals surface area contributed by atoms with Crippen LogP contribution in [0, 0.1) is 11.7 Å². The fraction of sp³-hybridized carbons (Fsp3) is 0.452. The zero-order chi connectivity index (χ0) is 29.0. The Morgan fingerprint density at radius 3 is 2.45 bits per heavy atom. The summed E-state index contributed by atoms with van der Waals surface area (Å²) in [7, 11) is -2.11. The van der Waals surface area contributed by atoms with Crippen molar-refractivity contribution in [1.82, 2.24) is 9.88 Å². The number of aromatic nitrogens is 1. The van der Waals surface area contributed by atoms with Gasteiger partial charge in [-0.3, -0.25) is 15.0 Å². The van der Waals surface area contributed by atoms with E-state index in [1.807, 2.05) is 42.5 Å². The van der Waals surface area contributed by atoms with Crippen molar-refractivity contribution in [1.29, 1.82) is 0 Å². The summed E-state index contributed by atoms with van der Waals surface area (Å²) in [5, 5.41) is 0. The number of rotatable bonds is 13. The first-order valence-electron chi connectivity index (χ1n) is 13.9. The van der Waals surface area contributed by atoms with Crippen LogP contribution in [0.15, 0.2) is 54.7 Å². The molecule has 1 aliphatic carbocycles. The smallest absolute Gasteiger partial charge is 0.265 e. The Balaban J connectivity index is 1.61. The van der Waals surface area contributed by atoms with Crippen LogP contribution in [0.4, 0.5) is 4.39 Å². The predicted octanol–water partition coefficient (Wildman–Crippen LogP) is 6.73. The predicted molar refractivity (Wildman–Crippen MR) is 157 cm³/mol. The van der Waals surface area contributed by atoms with Gasteiger partial charge in [0.05, 0.1) is 13.3 Å². The number of methoxy groups -OCH3 is 1. The summed E-state index contributed by atoms with van der Waals surface area (Å²) >= 11 is 0. The standard InChI is InChI=1S/C31H41FN3O4P/c1-20(2)35(21(3)4)17-25-14-26(11-12-27(25)28-15-31(38-5)34-16-30(28)32)39-18-22-7-6-8-24(13-22)29(23-9-10-23)19-40(33,36)37/h6-8,11-16,20-21,23,29H,9-10,17-19H2,1-5H3,(H3,33,36,37). The lowest BCUT2D eigenvalue weighted by atomic mass is 9.95. The molecule has 1 aliphatic rings. The van der Waals surface area contributed by atoms with Crippen LogP contribution in [-0.2, 0) is 17.7 Å². The second-order valence-corrected chi connectivity index (χ2v) is 13.2. The average Bonchev–Trinajstić information content (AvgIpc) is 3.74. The van der Waals surface area contributed by atoms with Gasteiger partial charge in [-0.05, 0) is 86.8 Å². The lowest BCUT2D eigenvalue weighted by Crippen LogP contribution is -2.36. The Kier molecular flexibility index (Phi) is 9.68. The van der Waals surface area contributed by atoms with Gasteiger partial charge in [0.2, 0.25) is 5.88 Å². The van der Waals surface area contributed by atoms with Crippen LogP contribution < -0.4 is 15.0 Å². The Bertz CT molecular complexity index is 1350. The highest BCUT2D eigenvalue weighted by Crippen LogP contribution is 2.49. The summed E-state index contributed by atoms with van der Waals surface area (Å²) in [5.74, 6) is 0.982. The van der Waals surface area contributed by atoms with Crippen molar-refractivity contribution in [3.8, 4) is 22.8 Å². The van der Waals surface area contributed by atoms with E-state index in [4.69, 9.17) is 15.0 Å². The molecule has 0 saturated heterocycles. The molecule has 1 saturated carbocycles. The van der Waals surface area contributed by atoms with Gasteiger partial charge in [0.1, 0.15) is 18.2 Å². The molecule has 1 heterocycles. The van der Waals surface area contributed by atoms with Gasteiger partial charge in [-0.2, -0.15) is 0 Å². The normalized spacial score (nSPS) is 15.9. The van der Waals surface area contributed by atoms with E-state index in [-0.39, 0.29) is 12.1 Å². The molecule has 3 N–H and O–H groups in total. The topological polar surface area (TPSA) is 97.9 Å². The molecule has 3 aromatic rings. The Morgan fingerprint density at radius 1 is 1.10 bits per heavy atom. The van der Waals surface area contributed by atoms with Gasteiger partial charge in [-0.1, -0.05) is 30.3 Å². The molecule has 0 radical (unpaired) electrons. The van der Waals surface area contributed by atoms with E-state index in [0.29, 0.717) is 48.3 Å². The minimum atomic E-state index is -3.62. The molecule has 0 bridgehead atoms. The SMILES string of the molecule is COc1cc(-c2ccc(OCc3cccc(C(CP(N)(=O)O)C4CC4)c3)cc2CN(C(C)C)C(C)C)c(F)cn1. The molecule has 2 atom stereocenters. The van der Waals surface area contributed by atoms with Crippen LogP contribution >= 0.6 is 7.52 Å². The molecule has 7 nitrogen and oxygen atoms in total. The van der Waals surface area contributed by atoms with Crippen LogP contribution in [-0.4, -0.2) is 40.1 Å². The lowest BCUT2D eigenvalue weighted by Gasteiger charge is -2.31. The molecular weight excluding hydrogens is 528 g/mol. The number of nitrogens with zero attached hydrogens (tertiary/aromatic N) is 2. The van der Waals surface area contributed by atoms with Crippen molar-refractivity contribution < 1.29 is 23.3 Å². The van der Waals surface area contributed by atoms with Gasteiger partial charge < -0.3 is 14.4 Å². The molecule has 1 aromatic heterocycles. The second-order valence-electron chi connectivity index (χ2n) is 11.3. The number of benzene rings is 2. The van der Waals surface area contributed by atoms with Gasteiger partial charge >= 0.3 is 0 Å². The molecule has 9 heteroatoms. The number of hydrogen-bond acceptors (Lipinski definition) is 5. The highest BCUT2D eigenvalue weighted by Gasteiger charge is 2.35. The first-order valence-corrected chi connectivity index (χ1v) is 15.8. The molecule has 40 heavy (non-hydrogen) atoms. The fourth-order valence-corrected chi connectivity index (χ4v) is 6.41. The molecule has 2 aromatic carbocycles. The Morgan fingerprint density at radius 2 is 1.82 bits per heavy atom. The maximum atomic E-state index is 15.0. The molecule has 1 fully saturated rings. The highest BCUT2D eigenvalue weighted by atomic mass is 31.2. The highest BCUT2D eigenvalue weighted by molar-refractivity contribution is 7.55.